The molecule has 0 spiro atoms. The predicted octanol–water partition coefficient (Wildman–Crippen LogP) is 1.50. The van der Waals surface area contributed by atoms with E-state index in [2.05, 4.69) is 0 Å². The minimum Gasteiger partial charge on any atom is -0.494 e. The van der Waals surface area contributed by atoms with Gasteiger partial charge < -0.3 is 4.74 Å². The van der Waals surface area contributed by atoms with Crippen LogP contribution in [-0.2, 0) is 0 Å². The molecule has 0 radical (unpaired) electrons. The van der Waals surface area contributed by atoms with E-state index in [0.29, 0.717) is 15.5 Å². The van der Waals surface area contributed by atoms with Gasteiger partial charge in [-0.1, -0.05) is 0 Å². The van der Waals surface area contributed by atoms with Gasteiger partial charge in [-0.05, 0) is 0 Å². The van der Waals surface area contributed by atoms with Crippen LogP contribution in [0.5, 0.6) is 5.75 Å². The average Bonchev–Trinajstić information content (AvgIpc) is 2.46. The van der Waals surface area contributed by atoms with Crippen molar-refractivity contribution in [3.8, 4) is 17.9 Å². The fourth-order valence-corrected chi connectivity index (χ4v) is 1.38. The maximum Gasteiger partial charge on any atom is 0.148 e. The molecule has 0 saturated heterocycles. The highest BCUT2D eigenvalue weighted by molar-refractivity contribution is 7.13. The molecule has 1 aromatic heterocycles. The second kappa shape index (κ2) is 3.05. The summed E-state index contributed by atoms with van der Waals surface area (Å²) >= 11 is 1.14. The summed E-state index contributed by atoms with van der Waals surface area (Å²) in [5, 5.41) is 17.0. The van der Waals surface area contributed by atoms with Crippen molar-refractivity contribution in [2.75, 3.05) is 7.11 Å². The molecule has 0 aliphatic carbocycles. The van der Waals surface area contributed by atoms with Crippen LogP contribution in [0.3, 0.4) is 0 Å². The number of nitrogens with zero attached hydrogens (tertiary/aromatic N) is 2. The average molecular weight is 164 g/mol. The summed E-state index contributed by atoms with van der Waals surface area (Å²) in [6.07, 6.45) is 0. The van der Waals surface area contributed by atoms with E-state index in [1.165, 1.54) is 7.11 Å². The molecular formula is C7H4N2OS. The Kier molecular flexibility index (Phi) is 2.10. The Hall–Kier alpha value is -1.52. The standard InChI is InChI=1S/C7H4N2OS/c1-10-6-2-5(3-8)11-7(6)4-9/h2H,1H3. The predicted molar refractivity (Wildman–Crippen MR) is 40.3 cm³/mol. The van der Waals surface area contributed by atoms with Crippen LogP contribution in [0.25, 0.3) is 0 Å². The van der Waals surface area contributed by atoms with Gasteiger partial charge in [0.2, 0.25) is 0 Å². The largest absolute Gasteiger partial charge is 0.494 e. The molecule has 4 heteroatoms. The van der Waals surface area contributed by atoms with Gasteiger partial charge in [0.15, 0.2) is 0 Å². The van der Waals surface area contributed by atoms with Crippen molar-refractivity contribution in [1.82, 2.24) is 0 Å². The molecule has 11 heavy (non-hydrogen) atoms. The lowest BCUT2D eigenvalue weighted by Crippen LogP contribution is -1.80. The van der Waals surface area contributed by atoms with Crippen molar-refractivity contribution in [3.05, 3.63) is 15.8 Å². The van der Waals surface area contributed by atoms with E-state index >= 15 is 0 Å². The van der Waals surface area contributed by atoms with Gasteiger partial charge in [0.25, 0.3) is 0 Å². The van der Waals surface area contributed by atoms with Crippen molar-refractivity contribution < 1.29 is 4.74 Å². The number of thiophene rings is 1. The molecule has 1 aromatic rings. The molecule has 0 bridgehead atoms. The van der Waals surface area contributed by atoms with Crippen LogP contribution in [0.2, 0.25) is 0 Å². The molecule has 54 valence electrons. The van der Waals surface area contributed by atoms with Gasteiger partial charge in [-0.2, -0.15) is 10.5 Å². The van der Waals surface area contributed by atoms with Gasteiger partial charge in [0.1, 0.15) is 27.6 Å². The monoisotopic (exact) mass is 164 g/mol. The van der Waals surface area contributed by atoms with Crippen LogP contribution < -0.4 is 4.74 Å². The molecular weight excluding hydrogens is 160 g/mol. The molecule has 0 N–H and O–H groups in total. The first-order valence-electron chi connectivity index (χ1n) is 2.80. The summed E-state index contributed by atoms with van der Waals surface area (Å²) in [6.45, 7) is 0. The van der Waals surface area contributed by atoms with E-state index in [1.807, 2.05) is 12.1 Å². The van der Waals surface area contributed by atoms with Crippen LogP contribution in [0, 0.1) is 22.7 Å². The number of methoxy groups -OCH3 is 1. The van der Waals surface area contributed by atoms with Crippen LogP contribution in [0.1, 0.15) is 9.75 Å². The molecule has 1 heterocycles. The highest BCUT2D eigenvalue weighted by Gasteiger charge is 2.07. The van der Waals surface area contributed by atoms with Crippen LogP contribution in [-0.4, -0.2) is 7.11 Å². The van der Waals surface area contributed by atoms with E-state index in [4.69, 9.17) is 15.3 Å². The summed E-state index contributed by atoms with van der Waals surface area (Å²) in [5.74, 6) is 0.481. The third-order valence-electron chi connectivity index (χ3n) is 1.13. The molecule has 0 atom stereocenters. The third-order valence-corrected chi connectivity index (χ3v) is 2.06. The number of rotatable bonds is 1. The second-order valence-corrected chi connectivity index (χ2v) is 2.78. The zero-order chi connectivity index (χ0) is 8.27. The Labute approximate surface area is 68.1 Å². The fraction of sp³-hybridized carbons (Fsp3) is 0.143. The first-order valence-corrected chi connectivity index (χ1v) is 3.61. The SMILES string of the molecule is COc1cc(C#N)sc1C#N. The van der Waals surface area contributed by atoms with E-state index in [0.717, 1.165) is 11.3 Å². The summed E-state index contributed by atoms with van der Waals surface area (Å²) < 4.78 is 4.86. The van der Waals surface area contributed by atoms with Crippen molar-refractivity contribution in [2.24, 2.45) is 0 Å². The second-order valence-electron chi connectivity index (χ2n) is 1.73. The lowest BCUT2D eigenvalue weighted by Gasteiger charge is -1.90. The molecule has 0 amide bonds. The molecule has 3 nitrogen and oxygen atoms in total. The number of hydrogen-bond acceptors (Lipinski definition) is 4. The van der Waals surface area contributed by atoms with Crippen molar-refractivity contribution in [1.29, 1.82) is 10.5 Å². The van der Waals surface area contributed by atoms with Crippen molar-refractivity contribution in [2.45, 2.75) is 0 Å². The van der Waals surface area contributed by atoms with Gasteiger partial charge in [-0.3, -0.25) is 0 Å². The number of ether oxygens (including phenoxy) is 1. The van der Waals surface area contributed by atoms with E-state index in [-0.39, 0.29) is 0 Å². The fourth-order valence-electron chi connectivity index (χ4n) is 0.659. The Balaban J connectivity index is 3.18. The Bertz CT molecular complexity index is 342. The lowest BCUT2D eigenvalue weighted by molar-refractivity contribution is 0.415. The summed E-state index contributed by atoms with van der Waals surface area (Å²) in [7, 11) is 1.48. The highest BCUT2D eigenvalue weighted by atomic mass is 32.1. The Morgan fingerprint density at radius 3 is 2.55 bits per heavy atom. The highest BCUT2D eigenvalue weighted by Crippen LogP contribution is 2.27. The van der Waals surface area contributed by atoms with E-state index in [1.54, 1.807) is 6.07 Å². The van der Waals surface area contributed by atoms with Gasteiger partial charge >= 0.3 is 0 Å². The summed E-state index contributed by atoms with van der Waals surface area (Å²) in [6, 6.07) is 5.45. The Morgan fingerprint density at radius 1 is 1.45 bits per heavy atom. The van der Waals surface area contributed by atoms with Crippen molar-refractivity contribution >= 4 is 11.3 Å². The van der Waals surface area contributed by atoms with Crippen LogP contribution >= 0.6 is 11.3 Å². The van der Waals surface area contributed by atoms with Crippen molar-refractivity contribution in [3.63, 3.8) is 0 Å². The van der Waals surface area contributed by atoms with Crippen LogP contribution in [0.15, 0.2) is 6.07 Å². The van der Waals surface area contributed by atoms with Gasteiger partial charge in [-0.25, -0.2) is 0 Å². The third kappa shape index (κ3) is 1.31. The minimum absolute atomic E-state index is 0.448. The molecule has 0 aliphatic heterocycles. The first-order chi connectivity index (χ1) is 5.31. The van der Waals surface area contributed by atoms with Crippen LogP contribution in [0.4, 0.5) is 0 Å². The molecule has 1 rings (SSSR count). The molecule has 0 aromatic carbocycles. The van der Waals surface area contributed by atoms with Gasteiger partial charge in [0, 0.05) is 6.07 Å². The zero-order valence-corrected chi connectivity index (χ0v) is 6.60. The van der Waals surface area contributed by atoms with E-state index < -0.39 is 0 Å². The van der Waals surface area contributed by atoms with Gasteiger partial charge in [0.05, 0.1) is 7.11 Å². The van der Waals surface area contributed by atoms with E-state index in [9.17, 15) is 0 Å². The molecule has 0 saturated carbocycles. The normalized spacial score (nSPS) is 8.27. The zero-order valence-electron chi connectivity index (χ0n) is 5.79. The maximum atomic E-state index is 8.53. The lowest BCUT2D eigenvalue weighted by atomic mass is 10.4. The maximum absolute atomic E-state index is 8.53. The quantitative estimate of drug-likeness (QED) is 0.632. The minimum atomic E-state index is 0.448. The molecule has 0 fully saturated rings. The molecule has 0 aliphatic rings. The number of nitriles is 2. The first kappa shape index (κ1) is 7.59. The molecule has 0 unspecified atom stereocenters. The van der Waals surface area contributed by atoms with Gasteiger partial charge in [-0.15, -0.1) is 11.3 Å². The topological polar surface area (TPSA) is 56.8 Å². The Morgan fingerprint density at radius 2 is 2.18 bits per heavy atom. The summed E-state index contributed by atoms with van der Waals surface area (Å²) in [5.41, 5.74) is 0. The smallest absolute Gasteiger partial charge is 0.148 e. The summed E-state index contributed by atoms with van der Waals surface area (Å²) in [4.78, 5) is 0.947. The number of hydrogen-bond donors (Lipinski definition) is 0.